The highest BCUT2D eigenvalue weighted by Crippen LogP contribution is 2.30. The highest BCUT2D eigenvalue weighted by atomic mass is 16.4. The van der Waals surface area contributed by atoms with Gasteiger partial charge < -0.3 is 8.98 Å². The number of fused-ring (bicyclic) bond motifs is 3. The van der Waals surface area contributed by atoms with E-state index in [-0.39, 0.29) is 0 Å². The van der Waals surface area contributed by atoms with Crippen LogP contribution in [0, 0.1) is 0 Å². The third-order valence-corrected chi connectivity index (χ3v) is 10.1. The van der Waals surface area contributed by atoms with Crippen LogP contribution in [-0.4, -0.2) is 21.0 Å². The van der Waals surface area contributed by atoms with E-state index in [0.717, 1.165) is 53.7 Å². The predicted octanol–water partition coefficient (Wildman–Crippen LogP) is 12.2. The Kier molecular flexibility index (Phi) is 11.1. The Morgan fingerprint density at radius 2 is 0.981 bits per heavy atom. The van der Waals surface area contributed by atoms with Crippen LogP contribution in [0.2, 0.25) is 0 Å². The van der Waals surface area contributed by atoms with Gasteiger partial charge >= 0.3 is 0 Å². The summed E-state index contributed by atoms with van der Waals surface area (Å²) in [4.78, 5) is 0. The summed E-state index contributed by atoms with van der Waals surface area (Å²) in [6, 6.07) is 48.9. The van der Waals surface area contributed by atoms with Crippen LogP contribution in [0.15, 0.2) is 149 Å². The van der Waals surface area contributed by atoms with Gasteiger partial charge in [0.05, 0.1) is 17.6 Å². The van der Waals surface area contributed by atoms with Crippen molar-refractivity contribution in [1.82, 2.24) is 14.8 Å². The van der Waals surface area contributed by atoms with E-state index >= 15 is 0 Å². The van der Waals surface area contributed by atoms with Crippen LogP contribution in [0.4, 0.5) is 11.4 Å². The quantitative estimate of drug-likeness (QED) is 0.105. The molecule has 0 radical (unpaired) electrons. The number of hydrazone groups is 1. The van der Waals surface area contributed by atoms with Crippen LogP contribution in [0.1, 0.15) is 55.5 Å². The van der Waals surface area contributed by atoms with Gasteiger partial charge in [0.25, 0.3) is 0 Å². The lowest BCUT2D eigenvalue weighted by Gasteiger charge is -2.20. The minimum absolute atomic E-state index is 0.562. The van der Waals surface area contributed by atoms with Gasteiger partial charge in [-0.15, -0.1) is 10.2 Å². The lowest BCUT2D eigenvalue weighted by Crippen LogP contribution is -2.09. The van der Waals surface area contributed by atoms with Crippen LogP contribution in [0.3, 0.4) is 0 Å². The van der Waals surface area contributed by atoms with Crippen molar-refractivity contribution >= 4 is 39.4 Å². The van der Waals surface area contributed by atoms with E-state index in [2.05, 4.69) is 165 Å². The maximum absolute atomic E-state index is 5.78. The minimum atomic E-state index is 0.562. The summed E-state index contributed by atoms with van der Waals surface area (Å²) in [6.45, 7) is 8.63. The summed E-state index contributed by atoms with van der Waals surface area (Å²) in [5.74, 6) is 1.12. The summed E-state index contributed by atoms with van der Waals surface area (Å²) < 4.78 is 8.03. The Bertz CT molecular complexity index is 2360. The van der Waals surface area contributed by atoms with E-state index in [1.807, 2.05) is 35.5 Å². The van der Waals surface area contributed by atoms with Crippen LogP contribution < -0.4 is 5.01 Å². The first-order valence-electron chi connectivity index (χ1n) is 19.0. The van der Waals surface area contributed by atoms with Gasteiger partial charge in [0.15, 0.2) is 0 Å². The predicted molar refractivity (Wildman–Crippen MR) is 226 cm³/mol. The number of rotatable bonds is 10. The van der Waals surface area contributed by atoms with Crippen molar-refractivity contribution in [1.29, 1.82) is 0 Å². The largest absolute Gasteiger partial charge is 0.416 e. The molecule has 0 fully saturated rings. The maximum Gasteiger partial charge on any atom is 0.248 e. The number of anilines is 2. The summed E-state index contributed by atoms with van der Waals surface area (Å²) in [6.07, 6.45) is 6.07. The molecular weight excluding hydrogens is 663 g/mol. The van der Waals surface area contributed by atoms with Crippen LogP contribution in [-0.2, 0) is 32.7 Å². The van der Waals surface area contributed by atoms with Gasteiger partial charge in [-0.1, -0.05) is 100 Å². The SMILES string of the molecule is CCc1ccc(-c2nnc(-c3ccc(CC)cc3)o2)cc1.CCc1ccc(N(/N=C/c2ccc3c(c2)c2ccccc2n3C)c2ccc(CC)cc2)cc1. The fourth-order valence-corrected chi connectivity index (χ4v) is 6.64. The van der Waals surface area contributed by atoms with E-state index in [1.54, 1.807) is 0 Å². The Balaban J connectivity index is 0.000000184. The number of hydrogen-bond acceptors (Lipinski definition) is 5. The Morgan fingerprint density at radius 3 is 1.46 bits per heavy atom. The van der Waals surface area contributed by atoms with Gasteiger partial charge in [-0.25, -0.2) is 5.01 Å². The number of nitrogens with zero attached hydrogens (tertiary/aromatic N) is 5. The monoisotopic (exact) mass is 709 g/mol. The van der Waals surface area contributed by atoms with Crippen molar-refractivity contribution in [3.8, 4) is 22.9 Å². The van der Waals surface area contributed by atoms with E-state index in [1.165, 1.54) is 44.1 Å². The number of benzene rings is 6. The Hall–Kier alpha value is -6.27. The molecule has 54 heavy (non-hydrogen) atoms. The van der Waals surface area contributed by atoms with E-state index in [4.69, 9.17) is 9.52 Å². The van der Waals surface area contributed by atoms with Crippen molar-refractivity contribution in [2.75, 3.05) is 5.01 Å². The van der Waals surface area contributed by atoms with Crippen molar-refractivity contribution in [2.24, 2.45) is 12.1 Å². The van der Waals surface area contributed by atoms with E-state index in [0.29, 0.717) is 11.8 Å². The first kappa shape index (κ1) is 36.1. The zero-order valence-corrected chi connectivity index (χ0v) is 31.8. The number of aromatic nitrogens is 3. The second-order valence-electron chi connectivity index (χ2n) is 13.5. The molecule has 0 saturated carbocycles. The zero-order chi connectivity index (χ0) is 37.4. The molecule has 0 saturated heterocycles. The van der Waals surface area contributed by atoms with Crippen molar-refractivity contribution in [3.05, 3.63) is 167 Å². The lowest BCUT2D eigenvalue weighted by atomic mass is 10.1. The van der Waals surface area contributed by atoms with Gasteiger partial charge in [0, 0.05) is 40.0 Å². The molecule has 2 heterocycles. The summed E-state index contributed by atoms with van der Waals surface area (Å²) in [7, 11) is 2.13. The molecule has 8 aromatic rings. The maximum atomic E-state index is 5.78. The van der Waals surface area contributed by atoms with Gasteiger partial charge in [0.2, 0.25) is 11.8 Å². The molecular formula is C48H47N5O. The van der Waals surface area contributed by atoms with Crippen LogP contribution >= 0.6 is 0 Å². The molecule has 6 nitrogen and oxygen atoms in total. The van der Waals surface area contributed by atoms with Crippen molar-refractivity contribution < 1.29 is 4.42 Å². The molecule has 0 atom stereocenters. The molecule has 2 aromatic heterocycles. The molecule has 0 N–H and O–H groups in total. The average molecular weight is 710 g/mol. The Labute approximate surface area is 318 Å². The first-order valence-corrected chi connectivity index (χ1v) is 19.0. The summed E-state index contributed by atoms with van der Waals surface area (Å²) >= 11 is 0. The van der Waals surface area contributed by atoms with Gasteiger partial charge in [0.1, 0.15) is 0 Å². The van der Waals surface area contributed by atoms with Crippen molar-refractivity contribution in [3.63, 3.8) is 0 Å². The molecule has 8 rings (SSSR count). The third kappa shape index (κ3) is 7.88. The second-order valence-corrected chi connectivity index (χ2v) is 13.5. The standard InChI is InChI=1S/C30H29N3.C18H18N2O/c1-4-22-10-15-25(16-11-22)33(26-17-12-23(5-2)13-18-26)31-21-24-14-19-30-28(20-24)27-8-6-7-9-29(27)32(30)3;1-3-13-5-9-15(10-6-13)17-19-20-18(21-17)16-11-7-14(4-2)8-12-16/h6-21H,4-5H2,1-3H3;5-12H,3-4H2,1-2H3/b31-21+;. The third-order valence-electron chi connectivity index (χ3n) is 10.1. The van der Waals surface area contributed by atoms with Crippen LogP contribution in [0.25, 0.3) is 44.7 Å². The van der Waals surface area contributed by atoms with Crippen molar-refractivity contribution in [2.45, 2.75) is 53.4 Å². The van der Waals surface area contributed by atoms with Crippen LogP contribution in [0.5, 0.6) is 0 Å². The average Bonchev–Trinajstić information content (AvgIpc) is 3.85. The van der Waals surface area contributed by atoms with Gasteiger partial charge in [-0.2, -0.15) is 5.10 Å². The molecule has 6 aromatic carbocycles. The smallest absolute Gasteiger partial charge is 0.248 e. The van der Waals surface area contributed by atoms with Gasteiger partial charge in [-0.3, -0.25) is 0 Å². The molecule has 0 amide bonds. The van der Waals surface area contributed by atoms with E-state index < -0.39 is 0 Å². The molecule has 0 unspecified atom stereocenters. The molecule has 6 heteroatoms. The highest BCUT2D eigenvalue weighted by molar-refractivity contribution is 6.09. The topological polar surface area (TPSA) is 59.5 Å². The molecule has 0 aliphatic rings. The normalized spacial score (nSPS) is 11.3. The fraction of sp³-hybridized carbons (Fsp3) is 0.188. The summed E-state index contributed by atoms with van der Waals surface area (Å²) in [5, 5.41) is 17.8. The number of aryl methyl sites for hydroxylation is 5. The lowest BCUT2D eigenvalue weighted by molar-refractivity contribution is 0.584. The summed E-state index contributed by atoms with van der Waals surface area (Å²) in [5.41, 5.74) is 12.8. The molecule has 0 aliphatic carbocycles. The molecule has 0 aliphatic heterocycles. The minimum Gasteiger partial charge on any atom is -0.416 e. The number of para-hydroxylation sites is 1. The molecule has 0 spiro atoms. The number of hydrogen-bond donors (Lipinski definition) is 0. The first-order chi connectivity index (χ1) is 26.5. The van der Waals surface area contributed by atoms with E-state index in [9.17, 15) is 0 Å². The second kappa shape index (κ2) is 16.6. The zero-order valence-electron chi connectivity index (χ0n) is 31.8. The van der Waals surface area contributed by atoms with Gasteiger partial charge in [-0.05, 0) is 120 Å². The highest BCUT2D eigenvalue weighted by Gasteiger charge is 2.12. The Morgan fingerprint density at radius 1 is 0.537 bits per heavy atom. The molecule has 270 valence electrons. The fourth-order valence-electron chi connectivity index (χ4n) is 6.64. The molecule has 0 bridgehead atoms.